The van der Waals surface area contributed by atoms with Crippen LogP contribution in [0.1, 0.15) is 24.2 Å². The maximum Gasteiger partial charge on any atom is 0.256 e. The molecule has 124 valence electrons. The number of amides is 1. The van der Waals surface area contributed by atoms with Crippen molar-refractivity contribution < 1.29 is 9.53 Å². The van der Waals surface area contributed by atoms with Gasteiger partial charge >= 0.3 is 0 Å². The monoisotopic (exact) mass is 324 g/mol. The molecule has 0 saturated heterocycles. The van der Waals surface area contributed by atoms with Crippen LogP contribution in [0.5, 0.6) is 5.75 Å². The minimum absolute atomic E-state index is 0.0550. The van der Waals surface area contributed by atoms with E-state index in [9.17, 15) is 4.79 Å². The topological polar surface area (TPSA) is 61.1 Å². The molecule has 1 amide bonds. The van der Waals surface area contributed by atoms with Crippen LogP contribution in [0.15, 0.2) is 55.0 Å². The Morgan fingerprint density at radius 2 is 1.83 bits per heavy atom. The van der Waals surface area contributed by atoms with Gasteiger partial charge in [-0.2, -0.15) is 5.10 Å². The second-order valence-electron chi connectivity index (χ2n) is 5.71. The van der Waals surface area contributed by atoms with Crippen molar-refractivity contribution >= 4 is 5.91 Å². The summed E-state index contributed by atoms with van der Waals surface area (Å²) in [4.78, 5) is 12.5. The van der Waals surface area contributed by atoms with Crippen molar-refractivity contribution in [1.82, 2.24) is 19.7 Å². The number of methoxy groups -OCH3 is 1. The number of rotatable bonds is 5. The van der Waals surface area contributed by atoms with Gasteiger partial charge in [-0.15, -0.1) is 0 Å². The molecular weight excluding hydrogens is 304 g/mol. The number of aromatic nitrogens is 3. The lowest BCUT2D eigenvalue weighted by Gasteiger charge is -2.12. The molecule has 0 aliphatic heterocycles. The molecular formula is C18H20N4O2. The second kappa shape index (κ2) is 6.62. The SMILES string of the molecule is COc1ccc(-n2ncc(C(=O)NC(C)C)c2-n2cccc2)cc1. The summed E-state index contributed by atoms with van der Waals surface area (Å²) in [5.74, 6) is 1.32. The van der Waals surface area contributed by atoms with Crippen LogP contribution in [0.4, 0.5) is 0 Å². The smallest absolute Gasteiger partial charge is 0.256 e. The minimum atomic E-state index is -0.145. The lowest BCUT2D eigenvalue weighted by Crippen LogP contribution is -2.30. The molecule has 2 aromatic heterocycles. The Hall–Kier alpha value is -3.02. The summed E-state index contributed by atoms with van der Waals surface area (Å²) >= 11 is 0. The van der Waals surface area contributed by atoms with Gasteiger partial charge in [0, 0.05) is 18.4 Å². The second-order valence-corrected chi connectivity index (χ2v) is 5.71. The predicted octanol–water partition coefficient (Wildman–Crippen LogP) is 2.81. The van der Waals surface area contributed by atoms with Gasteiger partial charge in [0.1, 0.15) is 11.3 Å². The van der Waals surface area contributed by atoms with Crippen molar-refractivity contribution in [2.75, 3.05) is 7.11 Å². The van der Waals surface area contributed by atoms with Gasteiger partial charge in [-0.3, -0.25) is 4.79 Å². The van der Waals surface area contributed by atoms with Crippen LogP contribution in [0.25, 0.3) is 11.5 Å². The molecule has 3 rings (SSSR count). The fourth-order valence-corrected chi connectivity index (χ4v) is 2.48. The summed E-state index contributed by atoms with van der Waals surface area (Å²) < 4.78 is 8.82. The first-order valence-corrected chi connectivity index (χ1v) is 7.77. The van der Waals surface area contributed by atoms with Crippen molar-refractivity contribution in [2.24, 2.45) is 0 Å². The molecule has 1 aromatic carbocycles. The highest BCUT2D eigenvalue weighted by molar-refractivity contribution is 5.97. The minimum Gasteiger partial charge on any atom is -0.497 e. The van der Waals surface area contributed by atoms with Crippen molar-refractivity contribution in [2.45, 2.75) is 19.9 Å². The molecule has 0 unspecified atom stereocenters. The summed E-state index contributed by atoms with van der Waals surface area (Å²) in [6, 6.07) is 11.4. The Labute approximate surface area is 140 Å². The molecule has 0 atom stereocenters. The molecule has 24 heavy (non-hydrogen) atoms. The number of nitrogens with one attached hydrogen (secondary N) is 1. The number of nitrogens with zero attached hydrogens (tertiary/aromatic N) is 3. The lowest BCUT2D eigenvalue weighted by molar-refractivity contribution is 0.0943. The van der Waals surface area contributed by atoms with Crippen LogP contribution < -0.4 is 10.1 Å². The van der Waals surface area contributed by atoms with Crippen LogP contribution in [0.3, 0.4) is 0 Å². The zero-order valence-electron chi connectivity index (χ0n) is 13.9. The van der Waals surface area contributed by atoms with E-state index < -0.39 is 0 Å². The van der Waals surface area contributed by atoms with E-state index in [-0.39, 0.29) is 11.9 Å². The molecule has 0 bridgehead atoms. The molecule has 0 spiro atoms. The average molecular weight is 324 g/mol. The Bertz CT molecular complexity index is 817. The van der Waals surface area contributed by atoms with Crippen LogP contribution in [0.2, 0.25) is 0 Å². The summed E-state index contributed by atoms with van der Waals surface area (Å²) in [5, 5.41) is 7.34. The molecule has 0 aliphatic carbocycles. The van der Waals surface area contributed by atoms with E-state index in [0.29, 0.717) is 11.4 Å². The van der Waals surface area contributed by atoms with Crippen molar-refractivity contribution in [3.8, 4) is 17.3 Å². The summed E-state index contributed by atoms with van der Waals surface area (Å²) in [5.41, 5.74) is 1.37. The Morgan fingerprint density at radius 3 is 2.42 bits per heavy atom. The summed E-state index contributed by atoms with van der Waals surface area (Å²) in [6.45, 7) is 3.86. The van der Waals surface area contributed by atoms with E-state index >= 15 is 0 Å². The van der Waals surface area contributed by atoms with Crippen molar-refractivity contribution in [3.05, 3.63) is 60.6 Å². The lowest BCUT2D eigenvalue weighted by atomic mass is 10.2. The van der Waals surface area contributed by atoms with Crippen LogP contribution in [-0.2, 0) is 0 Å². The third-order valence-corrected chi connectivity index (χ3v) is 3.57. The van der Waals surface area contributed by atoms with Crippen LogP contribution in [-0.4, -0.2) is 33.4 Å². The first-order valence-electron chi connectivity index (χ1n) is 7.77. The first-order chi connectivity index (χ1) is 11.6. The van der Waals surface area contributed by atoms with Gasteiger partial charge in [0.2, 0.25) is 0 Å². The number of hydrogen-bond acceptors (Lipinski definition) is 3. The quantitative estimate of drug-likeness (QED) is 0.785. The molecule has 6 nitrogen and oxygen atoms in total. The highest BCUT2D eigenvalue weighted by Crippen LogP contribution is 2.21. The van der Waals surface area contributed by atoms with E-state index in [1.165, 1.54) is 0 Å². The largest absolute Gasteiger partial charge is 0.497 e. The third-order valence-electron chi connectivity index (χ3n) is 3.57. The van der Waals surface area contributed by atoms with E-state index in [2.05, 4.69) is 10.4 Å². The zero-order valence-corrected chi connectivity index (χ0v) is 13.9. The van der Waals surface area contributed by atoms with Crippen molar-refractivity contribution in [1.29, 1.82) is 0 Å². The molecule has 0 radical (unpaired) electrons. The number of carbonyl (C=O) groups is 1. The molecule has 2 heterocycles. The number of hydrogen-bond donors (Lipinski definition) is 1. The Kier molecular flexibility index (Phi) is 4.37. The standard InChI is InChI=1S/C18H20N4O2/c1-13(2)20-17(23)16-12-19-22(18(16)21-10-4-5-11-21)14-6-8-15(24-3)9-7-14/h4-13H,1-3H3,(H,20,23). The van der Waals surface area contributed by atoms with Crippen LogP contribution >= 0.6 is 0 Å². The summed E-state index contributed by atoms with van der Waals surface area (Å²) in [7, 11) is 1.63. The normalized spacial score (nSPS) is 10.8. The van der Waals surface area contributed by atoms with Gasteiger partial charge in [-0.05, 0) is 50.2 Å². The molecule has 3 aromatic rings. The Balaban J connectivity index is 2.09. The number of ether oxygens (including phenoxy) is 1. The van der Waals surface area contributed by atoms with Gasteiger partial charge in [-0.25, -0.2) is 4.68 Å². The first kappa shape index (κ1) is 15.9. The van der Waals surface area contributed by atoms with Gasteiger partial charge in [-0.1, -0.05) is 0 Å². The fraction of sp³-hybridized carbons (Fsp3) is 0.222. The van der Waals surface area contributed by atoms with E-state index in [4.69, 9.17) is 4.74 Å². The zero-order chi connectivity index (χ0) is 17.1. The van der Waals surface area contributed by atoms with Gasteiger partial charge in [0.15, 0.2) is 5.82 Å². The van der Waals surface area contributed by atoms with Gasteiger partial charge in [0.05, 0.1) is 19.0 Å². The molecule has 0 saturated carbocycles. The predicted molar refractivity (Wildman–Crippen MR) is 92.0 cm³/mol. The maximum atomic E-state index is 12.5. The maximum absolute atomic E-state index is 12.5. The molecule has 0 fully saturated rings. The van der Waals surface area contributed by atoms with Gasteiger partial charge < -0.3 is 14.6 Å². The summed E-state index contributed by atoms with van der Waals surface area (Å²) in [6.07, 6.45) is 5.38. The van der Waals surface area contributed by atoms with E-state index in [1.807, 2.05) is 67.2 Å². The Morgan fingerprint density at radius 1 is 1.17 bits per heavy atom. The van der Waals surface area contributed by atoms with Crippen molar-refractivity contribution in [3.63, 3.8) is 0 Å². The van der Waals surface area contributed by atoms with E-state index in [1.54, 1.807) is 18.0 Å². The fourth-order valence-electron chi connectivity index (χ4n) is 2.48. The molecule has 6 heteroatoms. The number of benzene rings is 1. The molecule has 1 N–H and O–H groups in total. The third kappa shape index (κ3) is 3.03. The average Bonchev–Trinajstić information content (AvgIpc) is 3.23. The highest BCUT2D eigenvalue weighted by atomic mass is 16.5. The molecule has 0 aliphatic rings. The number of carbonyl (C=O) groups excluding carboxylic acids is 1. The van der Waals surface area contributed by atoms with E-state index in [0.717, 1.165) is 11.4 Å². The van der Waals surface area contributed by atoms with Crippen LogP contribution in [0, 0.1) is 0 Å². The van der Waals surface area contributed by atoms with Gasteiger partial charge in [0.25, 0.3) is 5.91 Å². The highest BCUT2D eigenvalue weighted by Gasteiger charge is 2.20.